The van der Waals surface area contributed by atoms with E-state index in [9.17, 15) is 24.0 Å². The molecule has 16 heteroatoms. The SMILES string of the molecule is CC1(C)CC(OC(=O)c2ccc(C#Cc3ccc(C(=O)OC4CC(C)(C)NC(C)(CCC5(C)CC(OC(=O)c6ccc(OC(=O)c7ccc(C(=O)OC8CC(C)(C)NC(C)(C)C8)cc7)cn6)CC(C)(C)N5)C4)nc3)cc2)CC(C)(C)N1. The highest BCUT2D eigenvalue weighted by Gasteiger charge is 2.47. The van der Waals surface area contributed by atoms with Gasteiger partial charge in [-0.3, -0.25) is 0 Å². The Kier molecular flexibility index (Phi) is 17.2. The minimum atomic E-state index is -0.645. The van der Waals surface area contributed by atoms with Crippen LogP contribution in [0.3, 0.4) is 0 Å². The van der Waals surface area contributed by atoms with Gasteiger partial charge in [0, 0.05) is 113 Å². The quantitative estimate of drug-likeness (QED) is 0.0558. The Labute approximate surface area is 478 Å². The van der Waals surface area contributed by atoms with Crippen LogP contribution in [0.1, 0.15) is 224 Å². The average Bonchev–Trinajstić information content (AvgIpc) is 3.44. The smallest absolute Gasteiger partial charge is 0.357 e. The Morgan fingerprint density at radius 3 is 1.10 bits per heavy atom. The van der Waals surface area contributed by atoms with Crippen molar-refractivity contribution in [2.45, 2.75) is 230 Å². The lowest BCUT2D eigenvalue weighted by atomic mass is 9.72. The van der Waals surface area contributed by atoms with E-state index >= 15 is 0 Å². The van der Waals surface area contributed by atoms with E-state index in [0.717, 1.165) is 31.2 Å². The van der Waals surface area contributed by atoms with E-state index in [0.29, 0.717) is 55.2 Å². The van der Waals surface area contributed by atoms with Gasteiger partial charge in [-0.25, -0.2) is 33.9 Å². The van der Waals surface area contributed by atoms with Crippen molar-refractivity contribution in [2.75, 3.05) is 0 Å². The Morgan fingerprint density at radius 2 is 0.716 bits per heavy atom. The van der Waals surface area contributed by atoms with Gasteiger partial charge in [-0.2, -0.15) is 0 Å². The van der Waals surface area contributed by atoms with Crippen molar-refractivity contribution in [2.24, 2.45) is 0 Å². The first-order valence-electron chi connectivity index (χ1n) is 28.5. The summed E-state index contributed by atoms with van der Waals surface area (Å²) in [5.41, 5.74) is 0.523. The van der Waals surface area contributed by atoms with E-state index in [1.807, 2.05) is 0 Å². The zero-order chi connectivity index (χ0) is 59.0. The Bertz CT molecular complexity index is 3000. The van der Waals surface area contributed by atoms with E-state index < -0.39 is 41.1 Å². The number of pyridine rings is 2. The van der Waals surface area contributed by atoms with Crippen molar-refractivity contribution < 1.29 is 47.7 Å². The molecule has 434 valence electrons. The van der Waals surface area contributed by atoms with E-state index in [4.69, 9.17) is 23.7 Å². The molecule has 4 fully saturated rings. The van der Waals surface area contributed by atoms with Gasteiger partial charge in [-0.05, 0) is 183 Å². The number of carbonyl (C=O) groups is 5. The van der Waals surface area contributed by atoms with Gasteiger partial charge in [0.05, 0.1) is 22.9 Å². The molecule has 0 aliphatic carbocycles. The highest BCUT2D eigenvalue weighted by molar-refractivity contribution is 5.94. The lowest BCUT2D eigenvalue weighted by Crippen LogP contribution is -2.64. The van der Waals surface area contributed by atoms with Crippen LogP contribution in [0.15, 0.2) is 85.2 Å². The summed E-state index contributed by atoms with van der Waals surface area (Å²) in [4.78, 5) is 75.0. The number of piperidine rings is 4. The zero-order valence-electron chi connectivity index (χ0n) is 49.9. The van der Waals surface area contributed by atoms with Crippen LogP contribution in [0.5, 0.6) is 5.75 Å². The third kappa shape index (κ3) is 16.8. The largest absolute Gasteiger partial charge is 0.459 e. The van der Waals surface area contributed by atoms with Gasteiger partial charge in [-0.1, -0.05) is 11.8 Å². The lowest BCUT2D eigenvalue weighted by Gasteiger charge is -2.51. The molecule has 81 heavy (non-hydrogen) atoms. The number of hydrogen-bond acceptors (Lipinski definition) is 16. The summed E-state index contributed by atoms with van der Waals surface area (Å²) in [6.07, 6.45) is 8.35. The first kappa shape index (κ1) is 60.6. The molecule has 0 spiro atoms. The molecule has 16 nitrogen and oxygen atoms in total. The first-order chi connectivity index (χ1) is 37.6. The van der Waals surface area contributed by atoms with Gasteiger partial charge >= 0.3 is 29.8 Å². The molecule has 2 aromatic heterocycles. The van der Waals surface area contributed by atoms with Gasteiger partial charge in [-0.15, -0.1) is 0 Å². The fourth-order valence-corrected chi connectivity index (χ4v) is 13.6. The summed E-state index contributed by atoms with van der Waals surface area (Å²) >= 11 is 0. The molecule has 0 saturated carbocycles. The monoisotopic (exact) mass is 1110 g/mol. The maximum absolute atomic E-state index is 13.6. The third-order valence-corrected chi connectivity index (χ3v) is 15.7. The molecule has 4 N–H and O–H groups in total. The van der Waals surface area contributed by atoms with Crippen molar-refractivity contribution in [3.05, 3.63) is 124 Å². The second-order valence-electron chi connectivity index (χ2n) is 27.8. The normalized spacial score (nSPS) is 25.4. The number of ether oxygens (including phenoxy) is 5. The van der Waals surface area contributed by atoms with Crippen LogP contribution in [0, 0.1) is 11.8 Å². The average molecular weight is 1110 g/mol. The summed E-state index contributed by atoms with van der Waals surface area (Å²) in [5.74, 6) is 3.85. The van der Waals surface area contributed by atoms with Crippen LogP contribution in [-0.2, 0) is 18.9 Å². The molecular weight excluding hydrogens is 1020 g/mol. The molecular formula is C65H84N6O10. The molecule has 6 heterocycles. The van der Waals surface area contributed by atoms with Gasteiger partial charge in [0.2, 0.25) is 0 Å². The van der Waals surface area contributed by atoms with Gasteiger partial charge in [0.25, 0.3) is 0 Å². The summed E-state index contributed by atoms with van der Waals surface area (Å²) in [7, 11) is 0. The van der Waals surface area contributed by atoms with Crippen LogP contribution in [0.25, 0.3) is 0 Å². The van der Waals surface area contributed by atoms with Crippen molar-refractivity contribution >= 4 is 29.8 Å². The van der Waals surface area contributed by atoms with E-state index in [1.165, 1.54) is 30.5 Å². The van der Waals surface area contributed by atoms with Crippen molar-refractivity contribution in [1.82, 2.24) is 31.2 Å². The van der Waals surface area contributed by atoms with Gasteiger partial charge < -0.3 is 45.0 Å². The van der Waals surface area contributed by atoms with Crippen LogP contribution in [0.2, 0.25) is 0 Å². The number of hydrogen-bond donors (Lipinski definition) is 4. The number of rotatable bonds is 13. The number of carbonyl (C=O) groups excluding carboxylic acids is 5. The van der Waals surface area contributed by atoms with Crippen molar-refractivity contribution in [1.29, 1.82) is 0 Å². The highest BCUT2D eigenvalue weighted by Crippen LogP contribution is 2.40. The van der Waals surface area contributed by atoms with E-state index in [-0.39, 0.29) is 80.2 Å². The minimum Gasteiger partial charge on any atom is -0.459 e. The maximum atomic E-state index is 13.6. The molecule has 8 rings (SSSR count). The third-order valence-electron chi connectivity index (χ3n) is 15.7. The molecule has 2 aromatic carbocycles. The Balaban J connectivity index is 0.801. The fourth-order valence-electron chi connectivity index (χ4n) is 13.6. The standard InChI is InChI=1S/C65H84N6O10/c1-58(2)31-47(32-59(3,4)68-58)78-54(73)43-20-17-41(18-21-43)15-16-42-19-27-51(66-39-42)56(75)80-49-35-62(9,10)70-64(13,37-49)29-30-65(14)38-50(36-63(11,12)71-65)81-57(76)52-28-26-46(40-67-52)77-53(72)44-22-24-45(25-23-44)55(74)79-48-33-60(5,6)69-61(7,8)34-48/h17-28,39-40,47-50,68-71H,29-38H2,1-14H3. The summed E-state index contributed by atoms with van der Waals surface area (Å²) in [6.45, 7) is 29.6. The highest BCUT2D eigenvalue weighted by atomic mass is 16.6. The van der Waals surface area contributed by atoms with E-state index in [2.05, 4.69) is 140 Å². The van der Waals surface area contributed by atoms with Crippen LogP contribution < -0.4 is 26.0 Å². The van der Waals surface area contributed by atoms with Crippen LogP contribution in [-0.4, -0.2) is 109 Å². The topological polar surface area (TPSA) is 205 Å². The van der Waals surface area contributed by atoms with Gasteiger partial charge in [0.1, 0.15) is 41.6 Å². The Morgan fingerprint density at radius 1 is 0.395 bits per heavy atom. The van der Waals surface area contributed by atoms with Crippen molar-refractivity contribution in [3.8, 4) is 17.6 Å². The summed E-state index contributed by atoms with van der Waals surface area (Å²) < 4.78 is 29.7. The fraction of sp³-hybridized carbons (Fsp3) is 0.554. The van der Waals surface area contributed by atoms with Crippen LogP contribution in [0.4, 0.5) is 0 Å². The molecule has 4 aliphatic rings. The second kappa shape index (κ2) is 23.0. The molecule has 0 radical (unpaired) electrons. The molecule has 4 aliphatic heterocycles. The zero-order valence-corrected chi connectivity index (χ0v) is 49.9. The van der Waals surface area contributed by atoms with E-state index in [1.54, 1.807) is 54.7 Å². The maximum Gasteiger partial charge on any atom is 0.357 e. The first-order valence-corrected chi connectivity index (χ1v) is 28.5. The second-order valence-corrected chi connectivity index (χ2v) is 27.8. The summed E-state index contributed by atoms with van der Waals surface area (Å²) in [5, 5.41) is 14.9. The Hall–Kier alpha value is -6.51. The minimum absolute atomic E-state index is 0.0820. The summed E-state index contributed by atoms with van der Waals surface area (Å²) in [6, 6.07) is 19.5. The number of nitrogens with zero attached hydrogens (tertiary/aromatic N) is 2. The number of benzene rings is 2. The number of aromatic nitrogens is 2. The molecule has 0 bridgehead atoms. The molecule has 0 amide bonds. The van der Waals surface area contributed by atoms with Crippen molar-refractivity contribution in [3.63, 3.8) is 0 Å². The lowest BCUT2D eigenvalue weighted by molar-refractivity contribution is -0.0241. The molecule has 4 unspecified atom stereocenters. The molecule has 4 atom stereocenters. The number of esters is 5. The predicted molar refractivity (Wildman–Crippen MR) is 309 cm³/mol. The van der Waals surface area contributed by atoms with Gasteiger partial charge in [0.15, 0.2) is 0 Å². The number of nitrogens with one attached hydrogen (secondary N) is 4. The molecule has 4 aromatic rings. The molecule has 4 saturated heterocycles. The predicted octanol–water partition coefficient (Wildman–Crippen LogP) is 10.4. The van der Waals surface area contributed by atoms with Crippen LogP contribution >= 0.6 is 0 Å².